The number of hydrogen-bond donors (Lipinski definition) is 2. The van der Waals surface area contributed by atoms with Crippen molar-refractivity contribution >= 4 is 23.4 Å². The molecule has 0 bridgehead atoms. The van der Waals surface area contributed by atoms with Crippen LogP contribution < -0.4 is 5.73 Å². The Kier molecular flexibility index (Phi) is 3.71. The van der Waals surface area contributed by atoms with Gasteiger partial charge in [-0.25, -0.2) is 13.6 Å². The molecule has 0 atom stereocenters. The zero-order chi connectivity index (χ0) is 14.0. The van der Waals surface area contributed by atoms with Crippen molar-refractivity contribution in [2.45, 2.75) is 9.79 Å². The summed E-state index contributed by atoms with van der Waals surface area (Å²) < 4.78 is 26.6. The van der Waals surface area contributed by atoms with Crippen molar-refractivity contribution in [1.29, 1.82) is 0 Å². The number of rotatable bonds is 3. The number of carboxylic acid groups (broad SMARTS) is 1. The van der Waals surface area contributed by atoms with Gasteiger partial charge in [0.2, 0.25) is 0 Å². The van der Waals surface area contributed by atoms with Gasteiger partial charge in [0, 0.05) is 10.6 Å². The van der Waals surface area contributed by atoms with Gasteiger partial charge in [0.25, 0.3) is 0 Å². The predicted octanol–water partition coefficient (Wildman–Crippen LogP) is 3.40. The lowest BCUT2D eigenvalue weighted by Gasteiger charge is -2.09. The Labute approximate surface area is 112 Å². The number of aromatic carboxylic acids is 1. The number of carbonyl (C=O) groups is 1. The van der Waals surface area contributed by atoms with Crippen LogP contribution in [0.5, 0.6) is 0 Å². The Balaban J connectivity index is 2.49. The molecule has 0 unspecified atom stereocenters. The van der Waals surface area contributed by atoms with Crippen molar-refractivity contribution in [3.63, 3.8) is 0 Å². The highest BCUT2D eigenvalue weighted by Crippen LogP contribution is 2.36. The summed E-state index contributed by atoms with van der Waals surface area (Å²) in [5.74, 6) is -2.41. The van der Waals surface area contributed by atoms with E-state index in [-0.39, 0.29) is 21.0 Å². The average molecular weight is 281 g/mol. The first-order valence-corrected chi connectivity index (χ1v) is 6.05. The summed E-state index contributed by atoms with van der Waals surface area (Å²) in [6.07, 6.45) is 0. The summed E-state index contributed by atoms with van der Waals surface area (Å²) >= 11 is 0.789. The molecule has 0 heterocycles. The van der Waals surface area contributed by atoms with Crippen molar-refractivity contribution < 1.29 is 18.7 Å². The van der Waals surface area contributed by atoms with Crippen molar-refractivity contribution in [3.05, 3.63) is 53.6 Å². The second-order valence-electron chi connectivity index (χ2n) is 3.71. The molecule has 0 saturated heterocycles. The largest absolute Gasteiger partial charge is 0.478 e. The van der Waals surface area contributed by atoms with Crippen LogP contribution in [0.4, 0.5) is 14.5 Å². The van der Waals surface area contributed by atoms with Gasteiger partial charge < -0.3 is 10.8 Å². The van der Waals surface area contributed by atoms with E-state index in [1.165, 1.54) is 18.2 Å². The van der Waals surface area contributed by atoms with Gasteiger partial charge in [0.1, 0.15) is 11.6 Å². The number of nitrogens with two attached hydrogens (primary N) is 1. The van der Waals surface area contributed by atoms with Crippen molar-refractivity contribution in [2.75, 3.05) is 5.73 Å². The minimum Gasteiger partial charge on any atom is -0.478 e. The summed E-state index contributed by atoms with van der Waals surface area (Å²) in [5.41, 5.74) is 5.85. The molecule has 0 amide bonds. The molecular weight excluding hydrogens is 272 g/mol. The molecule has 3 N–H and O–H groups in total. The van der Waals surface area contributed by atoms with Gasteiger partial charge in [-0.1, -0.05) is 17.8 Å². The predicted molar refractivity (Wildman–Crippen MR) is 68.3 cm³/mol. The van der Waals surface area contributed by atoms with Crippen LogP contribution in [0.1, 0.15) is 10.4 Å². The standard InChI is InChI=1S/C13H9F2NO2S/c14-7-4-5-9(15)11(6-7)19-12-8(13(17)18)2-1-3-10(12)16/h1-6H,16H2,(H,17,18). The minimum atomic E-state index is -1.17. The Morgan fingerprint density at radius 3 is 2.63 bits per heavy atom. The highest BCUT2D eigenvalue weighted by Gasteiger charge is 2.16. The molecule has 0 aliphatic carbocycles. The number of halogens is 2. The van der Waals surface area contributed by atoms with E-state index >= 15 is 0 Å². The summed E-state index contributed by atoms with van der Waals surface area (Å²) in [7, 11) is 0. The molecule has 0 fully saturated rings. The van der Waals surface area contributed by atoms with Gasteiger partial charge in [-0.2, -0.15) is 0 Å². The van der Waals surface area contributed by atoms with Crippen LogP contribution in [0.2, 0.25) is 0 Å². The molecule has 19 heavy (non-hydrogen) atoms. The second-order valence-corrected chi connectivity index (χ2v) is 4.76. The van der Waals surface area contributed by atoms with E-state index in [0.29, 0.717) is 0 Å². The summed E-state index contributed by atoms with van der Waals surface area (Å²) in [4.78, 5) is 11.3. The summed E-state index contributed by atoms with van der Waals surface area (Å²) in [5, 5.41) is 9.06. The number of benzene rings is 2. The Morgan fingerprint density at radius 1 is 1.21 bits per heavy atom. The van der Waals surface area contributed by atoms with Crippen LogP contribution in [-0.2, 0) is 0 Å². The van der Waals surface area contributed by atoms with Gasteiger partial charge in [-0.15, -0.1) is 0 Å². The van der Waals surface area contributed by atoms with Crippen molar-refractivity contribution in [3.8, 4) is 0 Å². The van der Waals surface area contributed by atoms with Gasteiger partial charge in [-0.3, -0.25) is 0 Å². The monoisotopic (exact) mass is 281 g/mol. The van der Waals surface area contributed by atoms with Gasteiger partial charge >= 0.3 is 5.97 Å². The molecule has 98 valence electrons. The van der Waals surface area contributed by atoms with E-state index in [1.54, 1.807) is 0 Å². The maximum Gasteiger partial charge on any atom is 0.336 e. The van der Waals surface area contributed by atoms with E-state index in [2.05, 4.69) is 0 Å². The SMILES string of the molecule is Nc1cccc(C(=O)O)c1Sc1cc(F)ccc1F. The molecular formula is C13H9F2NO2S. The number of carboxylic acids is 1. The van der Waals surface area contributed by atoms with E-state index in [1.807, 2.05) is 0 Å². The highest BCUT2D eigenvalue weighted by molar-refractivity contribution is 7.99. The van der Waals surface area contributed by atoms with Crippen LogP contribution in [0.25, 0.3) is 0 Å². The number of anilines is 1. The fourth-order valence-corrected chi connectivity index (χ4v) is 2.51. The normalized spacial score (nSPS) is 10.4. The molecule has 2 rings (SSSR count). The maximum absolute atomic E-state index is 13.5. The molecule has 2 aromatic carbocycles. The zero-order valence-corrected chi connectivity index (χ0v) is 10.4. The van der Waals surface area contributed by atoms with E-state index < -0.39 is 17.6 Å². The number of nitrogen functional groups attached to an aromatic ring is 1. The first kappa shape index (κ1) is 13.4. The average Bonchev–Trinajstić information content (AvgIpc) is 2.35. The summed E-state index contributed by atoms with van der Waals surface area (Å²) in [6, 6.07) is 7.33. The third kappa shape index (κ3) is 2.85. The second kappa shape index (κ2) is 5.27. The molecule has 2 aromatic rings. The smallest absolute Gasteiger partial charge is 0.336 e. The lowest BCUT2D eigenvalue weighted by molar-refractivity contribution is 0.0693. The van der Waals surface area contributed by atoms with E-state index in [0.717, 1.165) is 30.0 Å². The third-order valence-corrected chi connectivity index (χ3v) is 3.57. The quantitative estimate of drug-likeness (QED) is 0.846. The lowest BCUT2D eigenvalue weighted by atomic mass is 10.2. The van der Waals surface area contributed by atoms with Crippen LogP contribution >= 0.6 is 11.8 Å². The van der Waals surface area contributed by atoms with Crippen molar-refractivity contribution in [2.24, 2.45) is 0 Å². The fourth-order valence-electron chi connectivity index (χ4n) is 1.50. The van der Waals surface area contributed by atoms with E-state index in [4.69, 9.17) is 10.8 Å². The van der Waals surface area contributed by atoms with Gasteiger partial charge in [0.15, 0.2) is 0 Å². The van der Waals surface area contributed by atoms with E-state index in [9.17, 15) is 13.6 Å². The molecule has 0 aromatic heterocycles. The number of hydrogen-bond acceptors (Lipinski definition) is 3. The molecule has 0 aliphatic heterocycles. The Morgan fingerprint density at radius 2 is 1.95 bits per heavy atom. The van der Waals surface area contributed by atoms with Crippen LogP contribution in [0, 0.1) is 11.6 Å². The highest BCUT2D eigenvalue weighted by atomic mass is 32.2. The lowest BCUT2D eigenvalue weighted by Crippen LogP contribution is -2.02. The summed E-state index contributed by atoms with van der Waals surface area (Å²) in [6.45, 7) is 0. The zero-order valence-electron chi connectivity index (χ0n) is 9.56. The van der Waals surface area contributed by atoms with Gasteiger partial charge in [-0.05, 0) is 30.3 Å². The molecule has 6 heteroatoms. The first-order chi connectivity index (χ1) is 8.99. The maximum atomic E-state index is 13.5. The molecule has 0 radical (unpaired) electrons. The van der Waals surface area contributed by atoms with Gasteiger partial charge in [0.05, 0.1) is 10.5 Å². The topological polar surface area (TPSA) is 63.3 Å². The van der Waals surface area contributed by atoms with Crippen LogP contribution in [0.3, 0.4) is 0 Å². The molecule has 0 saturated carbocycles. The van der Waals surface area contributed by atoms with Crippen LogP contribution in [-0.4, -0.2) is 11.1 Å². The Hall–Kier alpha value is -2.08. The molecule has 0 spiro atoms. The third-order valence-electron chi connectivity index (χ3n) is 2.38. The molecule has 3 nitrogen and oxygen atoms in total. The van der Waals surface area contributed by atoms with Crippen LogP contribution in [0.15, 0.2) is 46.2 Å². The fraction of sp³-hybridized carbons (Fsp3) is 0. The van der Waals surface area contributed by atoms with Crippen molar-refractivity contribution in [1.82, 2.24) is 0 Å². The first-order valence-electron chi connectivity index (χ1n) is 5.23. The Bertz CT molecular complexity index is 647. The molecule has 0 aliphatic rings. The minimum absolute atomic E-state index is 0.0135.